The minimum Gasteiger partial charge on any atom is -0.370 e. The van der Waals surface area contributed by atoms with Gasteiger partial charge in [-0.25, -0.2) is 9.97 Å². The maximum atomic E-state index is 12.4. The topological polar surface area (TPSA) is 66.9 Å². The highest BCUT2D eigenvalue weighted by atomic mass is 16.1. The molecule has 132 valence electrons. The zero-order valence-electron chi connectivity index (χ0n) is 14.8. The van der Waals surface area contributed by atoms with E-state index in [1.54, 1.807) is 13.0 Å². The van der Waals surface area contributed by atoms with E-state index in [9.17, 15) is 4.79 Å². The number of hydrogen-bond donors (Lipinski definition) is 2. The SMILES string of the molecule is Cc1nc(NCCCc2ccccc2)cc(C(=O)Nc2ccccc2)n1. The molecular weight excluding hydrogens is 324 g/mol. The Morgan fingerprint density at radius 2 is 1.65 bits per heavy atom. The predicted octanol–water partition coefficient (Wildman–Crippen LogP) is 4.08. The van der Waals surface area contributed by atoms with Gasteiger partial charge in [0.1, 0.15) is 17.3 Å². The number of para-hydroxylation sites is 1. The highest BCUT2D eigenvalue weighted by molar-refractivity contribution is 6.03. The Morgan fingerprint density at radius 3 is 2.38 bits per heavy atom. The van der Waals surface area contributed by atoms with Gasteiger partial charge in [-0.1, -0.05) is 48.5 Å². The zero-order valence-corrected chi connectivity index (χ0v) is 14.8. The van der Waals surface area contributed by atoms with E-state index in [2.05, 4.69) is 32.7 Å². The molecule has 0 saturated heterocycles. The quantitative estimate of drug-likeness (QED) is 0.633. The Balaban J connectivity index is 1.57. The summed E-state index contributed by atoms with van der Waals surface area (Å²) in [5.41, 5.74) is 2.41. The van der Waals surface area contributed by atoms with Crippen molar-refractivity contribution in [2.75, 3.05) is 17.2 Å². The lowest BCUT2D eigenvalue weighted by Crippen LogP contribution is -2.16. The lowest BCUT2D eigenvalue weighted by atomic mass is 10.1. The molecule has 5 heteroatoms. The number of hydrogen-bond acceptors (Lipinski definition) is 4. The third-order valence-electron chi connectivity index (χ3n) is 3.89. The minimum atomic E-state index is -0.242. The van der Waals surface area contributed by atoms with Crippen molar-refractivity contribution in [1.82, 2.24) is 9.97 Å². The number of carbonyl (C=O) groups excluding carboxylic acids is 1. The number of aromatic nitrogens is 2. The molecule has 3 aromatic rings. The second-order valence-electron chi connectivity index (χ2n) is 6.02. The number of rotatable bonds is 7. The summed E-state index contributed by atoms with van der Waals surface area (Å²) >= 11 is 0. The number of anilines is 2. The first-order chi connectivity index (χ1) is 12.7. The number of benzene rings is 2. The Hall–Kier alpha value is -3.21. The first-order valence-electron chi connectivity index (χ1n) is 8.70. The van der Waals surface area contributed by atoms with E-state index in [-0.39, 0.29) is 5.91 Å². The van der Waals surface area contributed by atoms with Crippen LogP contribution in [0.25, 0.3) is 0 Å². The lowest BCUT2D eigenvalue weighted by Gasteiger charge is -2.09. The van der Waals surface area contributed by atoms with Crippen LogP contribution in [-0.2, 0) is 6.42 Å². The van der Waals surface area contributed by atoms with Crippen LogP contribution in [-0.4, -0.2) is 22.4 Å². The molecule has 1 aromatic heterocycles. The Bertz CT molecular complexity index is 850. The van der Waals surface area contributed by atoms with E-state index in [1.807, 2.05) is 48.5 Å². The molecule has 26 heavy (non-hydrogen) atoms. The van der Waals surface area contributed by atoms with Gasteiger partial charge in [-0.05, 0) is 37.5 Å². The fourth-order valence-corrected chi connectivity index (χ4v) is 2.64. The van der Waals surface area contributed by atoms with Crippen LogP contribution in [0.5, 0.6) is 0 Å². The van der Waals surface area contributed by atoms with Gasteiger partial charge in [-0.15, -0.1) is 0 Å². The van der Waals surface area contributed by atoms with E-state index in [0.717, 1.165) is 25.1 Å². The van der Waals surface area contributed by atoms with Gasteiger partial charge >= 0.3 is 0 Å². The second-order valence-corrected chi connectivity index (χ2v) is 6.02. The van der Waals surface area contributed by atoms with Crippen molar-refractivity contribution in [2.24, 2.45) is 0 Å². The smallest absolute Gasteiger partial charge is 0.274 e. The first kappa shape index (κ1) is 17.6. The molecule has 0 saturated carbocycles. The van der Waals surface area contributed by atoms with E-state index in [1.165, 1.54) is 5.56 Å². The molecule has 0 fully saturated rings. The molecule has 0 atom stereocenters. The van der Waals surface area contributed by atoms with Crippen LogP contribution in [0.15, 0.2) is 66.7 Å². The standard InChI is InChI=1S/C21H22N4O/c1-16-23-19(21(26)25-18-12-6-3-7-13-18)15-20(24-16)22-14-8-11-17-9-4-2-5-10-17/h2-7,9-10,12-13,15H,8,11,14H2,1H3,(H,25,26)(H,22,23,24). The van der Waals surface area contributed by atoms with Crippen LogP contribution >= 0.6 is 0 Å². The fraction of sp³-hybridized carbons (Fsp3) is 0.190. The lowest BCUT2D eigenvalue weighted by molar-refractivity contribution is 0.102. The van der Waals surface area contributed by atoms with Gasteiger partial charge in [-0.3, -0.25) is 4.79 Å². The Labute approximate surface area is 153 Å². The number of amides is 1. The third-order valence-corrected chi connectivity index (χ3v) is 3.89. The maximum absolute atomic E-state index is 12.4. The van der Waals surface area contributed by atoms with Crippen molar-refractivity contribution < 1.29 is 4.79 Å². The van der Waals surface area contributed by atoms with Gasteiger partial charge in [0.2, 0.25) is 0 Å². The largest absolute Gasteiger partial charge is 0.370 e. The summed E-state index contributed by atoms with van der Waals surface area (Å²) in [6.45, 7) is 2.57. The third kappa shape index (κ3) is 5.14. The molecule has 5 nitrogen and oxygen atoms in total. The van der Waals surface area contributed by atoms with Crippen molar-refractivity contribution in [3.63, 3.8) is 0 Å². The summed E-state index contributed by atoms with van der Waals surface area (Å²) in [5.74, 6) is 0.995. The molecule has 2 N–H and O–H groups in total. The van der Waals surface area contributed by atoms with Crippen molar-refractivity contribution >= 4 is 17.4 Å². The minimum absolute atomic E-state index is 0.242. The van der Waals surface area contributed by atoms with Crippen LogP contribution in [0, 0.1) is 6.92 Å². The van der Waals surface area contributed by atoms with Gasteiger partial charge in [0, 0.05) is 18.3 Å². The number of aryl methyl sites for hydroxylation is 2. The summed E-state index contributed by atoms with van der Waals surface area (Å²) < 4.78 is 0. The fourth-order valence-electron chi connectivity index (χ4n) is 2.64. The summed E-state index contributed by atoms with van der Waals surface area (Å²) in [5, 5.41) is 6.13. The summed E-state index contributed by atoms with van der Waals surface area (Å²) in [4.78, 5) is 21.0. The molecular formula is C21H22N4O. The van der Waals surface area contributed by atoms with Gasteiger partial charge in [-0.2, -0.15) is 0 Å². The Kier molecular flexibility index (Phi) is 5.93. The average molecular weight is 346 g/mol. The number of nitrogens with one attached hydrogen (secondary N) is 2. The van der Waals surface area contributed by atoms with E-state index in [0.29, 0.717) is 17.3 Å². The highest BCUT2D eigenvalue weighted by Gasteiger charge is 2.10. The zero-order chi connectivity index (χ0) is 18.2. The molecule has 2 aromatic carbocycles. The molecule has 0 bridgehead atoms. The van der Waals surface area contributed by atoms with Crippen LogP contribution < -0.4 is 10.6 Å². The normalized spacial score (nSPS) is 10.3. The van der Waals surface area contributed by atoms with Gasteiger partial charge < -0.3 is 10.6 Å². The average Bonchev–Trinajstić information content (AvgIpc) is 2.66. The predicted molar refractivity (Wildman–Crippen MR) is 104 cm³/mol. The first-order valence-corrected chi connectivity index (χ1v) is 8.70. The monoisotopic (exact) mass is 346 g/mol. The van der Waals surface area contributed by atoms with Crippen LogP contribution in [0.4, 0.5) is 11.5 Å². The van der Waals surface area contributed by atoms with Crippen molar-refractivity contribution in [1.29, 1.82) is 0 Å². The van der Waals surface area contributed by atoms with E-state index in [4.69, 9.17) is 0 Å². The summed E-state index contributed by atoms with van der Waals surface area (Å²) in [6.07, 6.45) is 1.98. The Morgan fingerprint density at radius 1 is 0.962 bits per heavy atom. The maximum Gasteiger partial charge on any atom is 0.274 e. The number of carbonyl (C=O) groups is 1. The van der Waals surface area contributed by atoms with Crippen molar-refractivity contribution in [3.05, 3.63) is 83.8 Å². The molecule has 1 heterocycles. The number of nitrogens with zero attached hydrogens (tertiary/aromatic N) is 2. The molecule has 3 rings (SSSR count). The van der Waals surface area contributed by atoms with Crippen LogP contribution in [0.2, 0.25) is 0 Å². The van der Waals surface area contributed by atoms with E-state index < -0.39 is 0 Å². The van der Waals surface area contributed by atoms with Crippen LogP contribution in [0.3, 0.4) is 0 Å². The molecule has 0 aliphatic rings. The van der Waals surface area contributed by atoms with Crippen molar-refractivity contribution in [3.8, 4) is 0 Å². The van der Waals surface area contributed by atoms with Gasteiger partial charge in [0.25, 0.3) is 5.91 Å². The highest BCUT2D eigenvalue weighted by Crippen LogP contribution is 2.11. The molecule has 0 aliphatic carbocycles. The molecule has 1 amide bonds. The molecule has 0 unspecified atom stereocenters. The van der Waals surface area contributed by atoms with Gasteiger partial charge in [0.05, 0.1) is 0 Å². The molecule has 0 spiro atoms. The summed E-state index contributed by atoms with van der Waals surface area (Å²) in [7, 11) is 0. The van der Waals surface area contributed by atoms with E-state index >= 15 is 0 Å². The van der Waals surface area contributed by atoms with Crippen molar-refractivity contribution in [2.45, 2.75) is 19.8 Å². The van der Waals surface area contributed by atoms with Crippen LogP contribution in [0.1, 0.15) is 28.3 Å². The summed E-state index contributed by atoms with van der Waals surface area (Å²) in [6, 6.07) is 21.4. The van der Waals surface area contributed by atoms with Gasteiger partial charge in [0.15, 0.2) is 0 Å². The molecule has 0 radical (unpaired) electrons. The second kappa shape index (κ2) is 8.76. The molecule has 0 aliphatic heterocycles.